The standard InChI is InChI=1S/C36H52BrP/c1-2-3-4-5-6-7-8-9-10-11-12-13-14-15-16-26-33-38(37,34-27-20-17-21-28-34,35-29-22-18-23-30-35)36-31-24-19-25-32-36/h17-25,27-32H,2-16,26,33H2,1H3. The van der Waals surface area contributed by atoms with E-state index in [0.717, 1.165) is 0 Å². The zero-order valence-corrected chi connectivity index (χ0v) is 26.5. The van der Waals surface area contributed by atoms with E-state index in [0.29, 0.717) is 0 Å². The summed E-state index contributed by atoms with van der Waals surface area (Å²) in [5.41, 5.74) is 0. The Morgan fingerprint density at radius 1 is 0.395 bits per heavy atom. The first-order valence-corrected chi connectivity index (χ1v) is 20.0. The zero-order valence-electron chi connectivity index (χ0n) is 24.0. The van der Waals surface area contributed by atoms with Crippen LogP contribution in [0.5, 0.6) is 0 Å². The van der Waals surface area contributed by atoms with E-state index in [2.05, 4.69) is 113 Å². The van der Waals surface area contributed by atoms with Gasteiger partial charge in [-0.25, -0.2) is 0 Å². The zero-order chi connectivity index (χ0) is 26.8. The molecule has 3 aromatic carbocycles. The Bertz CT molecular complexity index is 886. The monoisotopic (exact) mass is 594 g/mol. The molecule has 0 aromatic heterocycles. The second-order valence-corrected chi connectivity index (χ2v) is 20.3. The van der Waals surface area contributed by atoms with Gasteiger partial charge >= 0.3 is 204 Å². The summed E-state index contributed by atoms with van der Waals surface area (Å²) < 4.78 is 0. The molecular weight excluding hydrogens is 543 g/mol. The van der Waals surface area contributed by atoms with Crippen molar-refractivity contribution in [3.05, 3.63) is 91.0 Å². The second-order valence-electron chi connectivity index (χ2n) is 11.2. The molecule has 0 saturated heterocycles. The van der Waals surface area contributed by atoms with Gasteiger partial charge in [-0.1, -0.05) is 39.0 Å². The van der Waals surface area contributed by atoms with Crippen molar-refractivity contribution in [1.82, 2.24) is 0 Å². The van der Waals surface area contributed by atoms with Gasteiger partial charge in [-0.15, -0.1) is 0 Å². The van der Waals surface area contributed by atoms with E-state index in [9.17, 15) is 0 Å². The van der Waals surface area contributed by atoms with Crippen LogP contribution in [0.3, 0.4) is 0 Å². The SMILES string of the molecule is CCCCCCCCCCCCCCCCCCP(Br)(c1ccccc1)(c1ccccc1)c1ccccc1. The average molecular weight is 596 g/mol. The van der Waals surface area contributed by atoms with Gasteiger partial charge in [0.15, 0.2) is 0 Å². The number of hydrogen-bond acceptors (Lipinski definition) is 0. The Kier molecular flexibility index (Phi) is 14.2. The molecule has 208 valence electrons. The van der Waals surface area contributed by atoms with Crippen molar-refractivity contribution >= 4 is 36.7 Å². The van der Waals surface area contributed by atoms with Crippen LogP contribution in [-0.4, -0.2) is 6.16 Å². The molecule has 0 amide bonds. The summed E-state index contributed by atoms with van der Waals surface area (Å²) in [5.74, 6) is 0. The molecule has 38 heavy (non-hydrogen) atoms. The quantitative estimate of drug-likeness (QED) is 0.0900. The van der Waals surface area contributed by atoms with Crippen LogP contribution in [0.25, 0.3) is 0 Å². The molecule has 3 rings (SSSR count). The van der Waals surface area contributed by atoms with Crippen molar-refractivity contribution < 1.29 is 0 Å². The number of benzene rings is 3. The van der Waals surface area contributed by atoms with E-state index >= 15 is 0 Å². The Morgan fingerprint density at radius 2 is 0.658 bits per heavy atom. The number of hydrogen-bond donors (Lipinski definition) is 0. The third-order valence-electron chi connectivity index (χ3n) is 8.32. The minimum atomic E-state index is -2.73. The molecular formula is C36H52BrP. The number of rotatable bonds is 20. The van der Waals surface area contributed by atoms with Gasteiger partial charge in [-0.3, -0.25) is 0 Å². The van der Waals surface area contributed by atoms with Gasteiger partial charge in [0, 0.05) is 0 Å². The van der Waals surface area contributed by atoms with Crippen LogP contribution in [0.1, 0.15) is 110 Å². The van der Waals surface area contributed by atoms with Gasteiger partial charge < -0.3 is 0 Å². The van der Waals surface area contributed by atoms with Crippen molar-refractivity contribution in [2.75, 3.05) is 6.16 Å². The Labute approximate surface area is 242 Å². The van der Waals surface area contributed by atoms with Gasteiger partial charge in [0.25, 0.3) is 0 Å². The van der Waals surface area contributed by atoms with Gasteiger partial charge in [0.2, 0.25) is 0 Å². The molecule has 0 radical (unpaired) electrons. The molecule has 0 nitrogen and oxygen atoms in total. The molecule has 0 saturated carbocycles. The fourth-order valence-electron chi connectivity index (χ4n) is 6.01. The Hall–Kier alpha value is -1.43. The van der Waals surface area contributed by atoms with Crippen molar-refractivity contribution in [2.45, 2.75) is 110 Å². The first kappa shape index (κ1) is 31.1. The van der Waals surface area contributed by atoms with Crippen LogP contribution in [0, 0.1) is 0 Å². The summed E-state index contributed by atoms with van der Waals surface area (Å²) in [4.78, 5) is 0. The van der Waals surface area contributed by atoms with Crippen LogP contribution >= 0.6 is 20.8 Å². The van der Waals surface area contributed by atoms with Crippen molar-refractivity contribution in [1.29, 1.82) is 0 Å². The summed E-state index contributed by atoms with van der Waals surface area (Å²) in [5, 5.41) is 1.59. The molecule has 3 aromatic rings. The molecule has 0 spiro atoms. The van der Waals surface area contributed by atoms with Crippen LogP contribution in [-0.2, 0) is 0 Å². The number of unbranched alkanes of at least 4 members (excludes halogenated alkanes) is 15. The van der Waals surface area contributed by atoms with Crippen LogP contribution < -0.4 is 15.9 Å². The third-order valence-corrected chi connectivity index (χ3v) is 18.3. The molecule has 0 unspecified atom stereocenters. The Morgan fingerprint density at radius 3 is 0.947 bits per heavy atom. The van der Waals surface area contributed by atoms with Crippen molar-refractivity contribution in [3.63, 3.8) is 0 Å². The van der Waals surface area contributed by atoms with E-state index in [-0.39, 0.29) is 0 Å². The molecule has 0 atom stereocenters. The normalized spacial score (nSPS) is 12.7. The van der Waals surface area contributed by atoms with E-state index < -0.39 is 5.31 Å². The summed E-state index contributed by atoms with van der Waals surface area (Å²) in [6, 6.07) is 33.7. The first-order chi connectivity index (χ1) is 18.7. The topological polar surface area (TPSA) is 0 Å². The fraction of sp³-hybridized carbons (Fsp3) is 0.500. The van der Waals surface area contributed by atoms with Crippen LogP contribution in [0.15, 0.2) is 91.0 Å². The summed E-state index contributed by atoms with van der Waals surface area (Å²) in [6.07, 6.45) is 23.7. The van der Waals surface area contributed by atoms with Gasteiger partial charge in [0.05, 0.1) is 0 Å². The van der Waals surface area contributed by atoms with Crippen molar-refractivity contribution in [2.24, 2.45) is 0 Å². The number of halogens is 1. The average Bonchev–Trinajstić information content (AvgIpc) is 2.98. The molecule has 0 bridgehead atoms. The maximum atomic E-state index is 4.59. The predicted molar refractivity (Wildman–Crippen MR) is 178 cm³/mol. The Balaban J connectivity index is 1.47. The van der Waals surface area contributed by atoms with E-state index in [1.165, 1.54) is 125 Å². The molecule has 0 aliphatic heterocycles. The van der Waals surface area contributed by atoms with E-state index in [4.69, 9.17) is 0 Å². The molecule has 0 N–H and O–H groups in total. The fourth-order valence-corrected chi connectivity index (χ4v) is 13.8. The summed E-state index contributed by atoms with van der Waals surface area (Å²) in [6.45, 7) is 2.30. The molecule has 2 heteroatoms. The van der Waals surface area contributed by atoms with Gasteiger partial charge in [-0.2, -0.15) is 0 Å². The molecule has 0 aliphatic rings. The van der Waals surface area contributed by atoms with Crippen LogP contribution in [0.4, 0.5) is 0 Å². The van der Waals surface area contributed by atoms with Gasteiger partial charge in [-0.05, 0) is 0 Å². The predicted octanol–water partition coefficient (Wildman–Crippen LogP) is 11.1. The first-order valence-electron chi connectivity index (χ1n) is 15.6. The molecule has 0 heterocycles. The van der Waals surface area contributed by atoms with Gasteiger partial charge in [0.1, 0.15) is 0 Å². The third kappa shape index (κ3) is 8.79. The molecule has 0 fully saturated rings. The van der Waals surface area contributed by atoms with Crippen LogP contribution in [0.2, 0.25) is 0 Å². The van der Waals surface area contributed by atoms with Crippen molar-refractivity contribution in [3.8, 4) is 0 Å². The summed E-state index contributed by atoms with van der Waals surface area (Å²) >= 11 is 4.59. The minimum absolute atomic E-state index is 1.17. The maximum absolute atomic E-state index is 4.59. The van der Waals surface area contributed by atoms with E-state index in [1.807, 2.05) is 0 Å². The van der Waals surface area contributed by atoms with E-state index in [1.54, 1.807) is 0 Å². The summed E-state index contributed by atoms with van der Waals surface area (Å²) in [7, 11) is 0. The molecule has 0 aliphatic carbocycles. The second kappa shape index (κ2) is 17.3.